The number of methoxy groups -OCH3 is 1. The molecule has 0 aromatic heterocycles. The van der Waals surface area contributed by atoms with E-state index in [9.17, 15) is 19.8 Å². The molecular weight excluding hydrogens is 322 g/mol. The lowest BCUT2D eigenvalue weighted by atomic mass is 10.1. The van der Waals surface area contributed by atoms with Crippen LogP contribution >= 0.6 is 0 Å². The number of carboxylic acid groups (broad SMARTS) is 1. The zero-order valence-corrected chi connectivity index (χ0v) is 13.7. The summed E-state index contributed by atoms with van der Waals surface area (Å²) in [6.07, 6.45) is 1.62. The highest BCUT2D eigenvalue weighted by molar-refractivity contribution is 5.97. The summed E-state index contributed by atoms with van der Waals surface area (Å²) in [4.78, 5) is 23.8. The maximum Gasteiger partial charge on any atom is 0.326 e. The van der Waals surface area contributed by atoms with Crippen molar-refractivity contribution < 1.29 is 24.5 Å². The van der Waals surface area contributed by atoms with Crippen molar-refractivity contribution >= 4 is 18.0 Å². The maximum atomic E-state index is 12.3. The van der Waals surface area contributed by atoms with Crippen LogP contribution in [0.2, 0.25) is 0 Å². The Labute approximate surface area is 145 Å². The minimum atomic E-state index is -1.16. The van der Waals surface area contributed by atoms with Gasteiger partial charge in [0.05, 0.1) is 7.11 Å². The Bertz CT molecular complexity index is 753. The summed E-state index contributed by atoms with van der Waals surface area (Å²) < 4.78 is 5.09. The van der Waals surface area contributed by atoms with Gasteiger partial charge in [-0.15, -0.1) is 0 Å². The van der Waals surface area contributed by atoms with E-state index in [4.69, 9.17) is 4.74 Å². The van der Waals surface area contributed by atoms with Crippen LogP contribution in [-0.4, -0.2) is 35.2 Å². The smallest absolute Gasteiger partial charge is 0.326 e. The molecule has 0 saturated carbocycles. The molecule has 6 nitrogen and oxygen atoms in total. The molecule has 0 bridgehead atoms. The molecule has 2 rings (SSSR count). The number of hydrogen-bond acceptors (Lipinski definition) is 4. The molecule has 130 valence electrons. The Morgan fingerprint density at radius 1 is 1.12 bits per heavy atom. The van der Waals surface area contributed by atoms with Crippen LogP contribution in [-0.2, 0) is 20.7 Å². The van der Waals surface area contributed by atoms with Gasteiger partial charge in [-0.1, -0.05) is 42.5 Å². The fourth-order valence-electron chi connectivity index (χ4n) is 2.21. The minimum Gasteiger partial charge on any atom is -0.508 e. The number of nitrogens with one attached hydrogen (secondary N) is 1. The van der Waals surface area contributed by atoms with Gasteiger partial charge < -0.3 is 20.3 Å². The molecule has 25 heavy (non-hydrogen) atoms. The van der Waals surface area contributed by atoms with Gasteiger partial charge in [-0.25, -0.2) is 4.79 Å². The summed E-state index contributed by atoms with van der Waals surface area (Å²) in [5, 5.41) is 21.1. The van der Waals surface area contributed by atoms with Crippen molar-refractivity contribution in [2.45, 2.75) is 12.5 Å². The quantitative estimate of drug-likeness (QED) is 0.530. The van der Waals surface area contributed by atoms with Crippen LogP contribution in [0.15, 0.2) is 60.4 Å². The summed E-state index contributed by atoms with van der Waals surface area (Å²) in [5.41, 5.74) is 1.44. The van der Waals surface area contributed by atoms with E-state index in [-0.39, 0.29) is 17.9 Å². The predicted octanol–water partition coefficient (Wildman–Crippen LogP) is 2.19. The normalized spacial score (nSPS) is 12.3. The standard InChI is InChI=1S/C19H19NO5/c1-25-17(12-13-5-3-2-4-6-13)18(22)20-16(19(23)24)11-14-7-9-15(21)10-8-14/h2-10,12,16,21H,11H2,1H3,(H,20,22)(H,23,24)/b17-12-/t16-/m0/s1. The Hall–Kier alpha value is -3.28. The molecule has 0 fully saturated rings. The van der Waals surface area contributed by atoms with Crippen molar-refractivity contribution in [2.75, 3.05) is 7.11 Å². The number of ether oxygens (including phenoxy) is 1. The summed E-state index contributed by atoms with van der Waals surface area (Å²) in [6, 6.07) is 14.1. The topological polar surface area (TPSA) is 95.9 Å². The van der Waals surface area contributed by atoms with Gasteiger partial charge in [0.15, 0.2) is 5.76 Å². The van der Waals surface area contributed by atoms with Gasteiger partial charge >= 0.3 is 5.97 Å². The van der Waals surface area contributed by atoms with Crippen LogP contribution in [0.25, 0.3) is 6.08 Å². The van der Waals surface area contributed by atoms with E-state index < -0.39 is 17.9 Å². The van der Waals surface area contributed by atoms with Gasteiger partial charge in [0.1, 0.15) is 11.8 Å². The number of carbonyl (C=O) groups excluding carboxylic acids is 1. The molecule has 1 amide bonds. The molecule has 2 aromatic carbocycles. The molecule has 0 heterocycles. The number of phenols is 1. The zero-order valence-electron chi connectivity index (χ0n) is 13.7. The second-order valence-corrected chi connectivity index (χ2v) is 5.36. The van der Waals surface area contributed by atoms with Crippen molar-refractivity contribution in [3.05, 3.63) is 71.5 Å². The lowest BCUT2D eigenvalue weighted by Crippen LogP contribution is -2.43. The highest BCUT2D eigenvalue weighted by atomic mass is 16.5. The van der Waals surface area contributed by atoms with Crippen LogP contribution < -0.4 is 5.32 Å². The van der Waals surface area contributed by atoms with Gasteiger partial charge in [-0.3, -0.25) is 4.79 Å². The first-order chi connectivity index (χ1) is 12.0. The molecule has 1 atom stereocenters. The molecule has 0 unspecified atom stereocenters. The number of benzene rings is 2. The largest absolute Gasteiger partial charge is 0.508 e. The number of carboxylic acids is 1. The van der Waals surface area contributed by atoms with Crippen LogP contribution in [0.4, 0.5) is 0 Å². The number of carbonyl (C=O) groups is 2. The van der Waals surface area contributed by atoms with Gasteiger partial charge in [-0.2, -0.15) is 0 Å². The molecule has 6 heteroatoms. The molecule has 2 aromatic rings. The van der Waals surface area contributed by atoms with Gasteiger partial charge in [0.25, 0.3) is 5.91 Å². The van der Waals surface area contributed by atoms with Crippen molar-refractivity contribution in [1.82, 2.24) is 5.32 Å². The van der Waals surface area contributed by atoms with E-state index >= 15 is 0 Å². The summed E-state index contributed by atoms with van der Waals surface area (Å²) >= 11 is 0. The Morgan fingerprint density at radius 3 is 2.32 bits per heavy atom. The monoisotopic (exact) mass is 341 g/mol. The Morgan fingerprint density at radius 2 is 1.76 bits per heavy atom. The number of aromatic hydroxyl groups is 1. The molecule has 0 spiro atoms. The first kappa shape index (κ1) is 18.1. The molecular formula is C19H19NO5. The summed E-state index contributed by atoms with van der Waals surface area (Å²) in [5.74, 6) is -1.66. The zero-order chi connectivity index (χ0) is 18.2. The van der Waals surface area contributed by atoms with Crippen LogP contribution in [0.3, 0.4) is 0 Å². The minimum absolute atomic E-state index is 0.0168. The van der Waals surface area contributed by atoms with Crippen LogP contribution in [0, 0.1) is 0 Å². The summed E-state index contributed by atoms with van der Waals surface area (Å²) in [7, 11) is 1.35. The third-order valence-electron chi connectivity index (χ3n) is 3.52. The van der Waals surface area contributed by atoms with Gasteiger partial charge in [-0.05, 0) is 29.3 Å². The van der Waals surface area contributed by atoms with E-state index in [0.29, 0.717) is 5.56 Å². The van der Waals surface area contributed by atoms with Gasteiger partial charge in [0.2, 0.25) is 0 Å². The number of hydrogen-bond donors (Lipinski definition) is 3. The number of rotatable bonds is 7. The molecule has 0 aliphatic carbocycles. The van der Waals surface area contributed by atoms with E-state index in [2.05, 4.69) is 5.32 Å². The highest BCUT2D eigenvalue weighted by Gasteiger charge is 2.22. The Balaban J connectivity index is 2.12. The third-order valence-corrected chi connectivity index (χ3v) is 3.52. The van der Waals surface area contributed by atoms with Crippen molar-refractivity contribution in [2.24, 2.45) is 0 Å². The number of aliphatic carboxylic acids is 1. The summed E-state index contributed by atoms with van der Waals surface area (Å²) in [6.45, 7) is 0. The number of amides is 1. The molecule has 0 saturated heterocycles. The first-order valence-electron chi connectivity index (χ1n) is 7.62. The average molecular weight is 341 g/mol. The van der Waals surface area contributed by atoms with E-state index in [1.165, 1.54) is 25.3 Å². The van der Waals surface area contributed by atoms with Gasteiger partial charge in [0, 0.05) is 6.42 Å². The molecule has 0 aliphatic heterocycles. The molecule has 0 aliphatic rings. The predicted molar refractivity (Wildman–Crippen MR) is 92.8 cm³/mol. The lowest BCUT2D eigenvalue weighted by Gasteiger charge is -2.15. The van der Waals surface area contributed by atoms with E-state index in [0.717, 1.165) is 5.56 Å². The second kappa shape index (κ2) is 8.54. The van der Waals surface area contributed by atoms with Crippen molar-refractivity contribution in [1.29, 1.82) is 0 Å². The lowest BCUT2D eigenvalue weighted by molar-refractivity contribution is -0.141. The highest BCUT2D eigenvalue weighted by Crippen LogP contribution is 2.12. The second-order valence-electron chi connectivity index (χ2n) is 5.36. The van der Waals surface area contributed by atoms with E-state index in [1.807, 2.05) is 18.2 Å². The average Bonchev–Trinajstić information content (AvgIpc) is 2.61. The van der Waals surface area contributed by atoms with Crippen LogP contribution in [0.1, 0.15) is 11.1 Å². The Kier molecular flexibility index (Phi) is 6.17. The first-order valence-corrected chi connectivity index (χ1v) is 7.62. The third kappa shape index (κ3) is 5.39. The molecule has 3 N–H and O–H groups in total. The van der Waals surface area contributed by atoms with Crippen molar-refractivity contribution in [3.8, 4) is 5.75 Å². The molecule has 0 radical (unpaired) electrons. The SMILES string of the molecule is CO/C(=C\c1ccccc1)C(=O)N[C@@H](Cc1ccc(O)cc1)C(=O)O. The van der Waals surface area contributed by atoms with Crippen LogP contribution in [0.5, 0.6) is 5.75 Å². The van der Waals surface area contributed by atoms with E-state index in [1.54, 1.807) is 24.3 Å². The fourth-order valence-corrected chi connectivity index (χ4v) is 2.21. The maximum absolute atomic E-state index is 12.3. The fraction of sp³-hybridized carbons (Fsp3) is 0.158. The van der Waals surface area contributed by atoms with Crippen molar-refractivity contribution in [3.63, 3.8) is 0 Å². The number of phenolic OH excluding ortho intramolecular Hbond substituents is 1.